The van der Waals surface area contributed by atoms with Gasteiger partial charge < -0.3 is 15.0 Å². The van der Waals surface area contributed by atoms with Crippen molar-refractivity contribution in [3.05, 3.63) is 125 Å². The average Bonchev–Trinajstić information content (AvgIpc) is 3.06. The highest BCUT2D eigenvalue weighted by atomic mass is 35.5. The predicted molar refractivity (Wildman–Crippen MR) is 178 cm³/mol. The molecule has 0 heterocycles. The molecule has 0 saturated carbocycles. The number of nitrogens with one attached hydrogen (secondary N) is 1. The molecule has 0 saturated heterocycles. The molecule has 1 N–H and O–H groups in total. The van der Waals surface area contributed by atoms with Crippen molar-refractivity contribution in [2.75, 3.05) is 18.0 Å². The zero-order valence-corrected chi connectivity index (χ0v) is 27.5. The third-order valence-electron chi connectivity index (χ3n) is 7.56. The standard InChI is InChI=1S/C35H37ClFN3O5S/c1-4-25(2)38-35(42)32(21-26-11-7-5-8-12-26)39(23-27-15-18-29(37)19-16-27)34(41)24-40(31-22-28(36)17-20-33(31)45-3)46(43,44)30-13-9-6-10-14-30/h5-20,22,25,32H,4,21,23-24H2,1-3H3,(H,38,42). The molecule has 2 amide bonds. The molecule has 0 aliphatic heterocycles. The molecule has 11 heteroatoms. The van der Waals surface area contributed by atoms with Crippen LogP contribution in [0.3, 0.4) is 0 Å². The van der Waals surface area contributed by atoms with E-state index in [4.69, 9.17) is 16.3 Å². The van der Waals surface area contributed by atoms with Gasteiger partial charge in [0, 0.05) is 24.0 Å². The van der Waals surface area contributed by atoms with E-state index in [1.807, 2.05) is 44.2 Å². The van der Waals surface area contributed by atoms with Gasteiger partial charge in [0.1, 0.15) is 24.2 Å². The number of nitrogens with zero attached hydrogens (tertiary/aromatic N) is 2. The van der Waals surface area contributed by atoms with E-state index in [2.05, 4.69) is 5.32 Å². The van der Waals surface area contributed by atoms with Gasteiger partial charge in [-0.05, 0) is 66.9 Å². The lowest BCUT2D eigenvalue weighted by molar-refractivity contribution is -0.140. The Labute approximate surface area is 274 Å². The summed E-state index contributed by atoms with van der Waals surface area (Å²) in [6.07, 6.45) is 0.815. The second-order valence-corrected chi connectivity index (χ2v) is 13.1. The first-order valence-electron chi connectivity index (χ1n) is 14.8. The van der Waals surface area contributed by atoms with Crippen LogP contribution in [0.15, 0.2) is 108 Å². The van der Waals surface area contributed by atoms with Gasteiger partial charge in [-0.25, -0.2) is 12.8 Å². The zero-order chi connectivity index (χ0) is 33.3. The average molecular weight is 666 g/mol. The molecule has 4 rings (SSSR count). The predicted octanol–water partition coefficient (Wildman–Crippen LogP) is 6.24. The van der Waals surface area contributed by atoms with Gasteiger partial charge in [0.05, 0.1) is 17.7 Å². The summed E-state index contributed by atoms with van der Waals surface area (Å²) in [6.45, 7) is 3.03. The highest BCUT2D eigenvalue weighted by molar-refractivity contribution is 7.92. The highest BCUT2D eigenvalue weighted by Crippen LogP contribution is 2.35. The van der Waals surface area contributed by atoms with Gasteiger partial charge in [-0.2, -0.15) is 0 Å². The molecule has 4 aromatic rings. The van der Waals surface area contributed by atoms with Crippen molar-refractivity contribution in [2.24, 2.45) is 0 Å². The molecule has 0 spiro atoms. The smallest absolute Gasteiger partial charge is 0.264 e. The first-order chi connectivity index (χ1) is 22.0. The molecule has 4 aromatic carbocycles. The van der Waals surface area contributed by atoms with Crippen LogP contribution in [0.1, 0.15) is 31.4 Å². The first kappa shape index (κ1) is 34.5. The van der Waals surface area contributed by atoms with Gasteiger partial charge in [-0.1, -0.05) is 79.2 Å². The number of sulfonamides is 1. The Morgan fingerprint density at radius 1 is 0.913 bits per heavy atom. The van der Waals surface area contributed by atoms with Crippen LogP contribution in [0.2, 0.25) is 5.02 Å². The lowest BCUT2D eigenvalue weighted by Gasteiger charge is -2.34. The van der Waals surface area contributed by atoms with E-state index in [9.17, 15) is 22.4 Å². The molecular weight excluding hydrogens is 629 g/mol. The van der Waals surface area contributed by atoms with Crippen molar-refractivity contribution in [3.8, 4) is 5.75 Å². The maximum atomic E-state index is 14.5. The quantitative estimate of drug-likeness (QED) is 0.172. The first-order valence-corrected chi connectivity index (χ1v) is 16.6. The van der Waals surface area contributed by atoms with Crippen LogP contribution < -0.4 is 14.4 Å². The van der Waals surface area contributed by atoms with Gasteiger partial charge >= 0.3 is 0 Å². The van der Waals surface area contributed by atoms with Crippen LogP contribution in [0.4, 0.5) is 10.1 Å². The fraction of sp³-hybridized carbons (Fsp3) is 0.257. The molecule has 0 fully saturated rings. The van der Waals surface area contributed by atoms with Crippen LogP contribution in [-0.4, -0.2) is 50.9 Å². The molecule has 0 bridgehead atoms. The Morgan fingerprint density at radius 2 is 1.54 bits per heavy atom. The second kappa shape index (κ2) is 15.7. The van der Waals surface area contributed by atoms with Gasteiger partial charge in [0.15, 0.2) is 0 Å². The summed E-state index contributed by atoms with van der Waals surface area (Å²) in [6, 6.07) is 25.8. The Hall–Kier alpha value is -4.41. The molecular formula is C35H37ClFN3O5S. The molecule has 2 unspecified atom stereocenters. The molecule has 2 atom stereocenters. The van der Waals surface area contributed by atoms with Crippen LogP contribution >= 0.6 is 11.6 Å². The van der Waals surface area contributed by atoms with E-state index in [0.717, 1.165) is 9.87 Å². The van der Waals surface area contributed by atoms with Crippen molar-refractivity contribution in [2.45, 2.75) is 50.2 Å². The number of rotatable bonds is 14. The molecule has 46 heavy (non-hydrogen) atoms. The number of amides is 2. The van der Waals surface area contributed by atoms with Crippen LogP contribution in [-0.2, 0) is 32.6 Å². The van der Waals surface area contributed by atoms with Crippen molar-refractivity contribution in [1.82, 2.24) is 10.2 Å². The van der Waals surface area contributed by atoms with Gasteiger partial charge in [-0.3, -0.25) is 13.9 Å². The van der Waals surface area contributed by atoms with Crippen molar-refractivity contribution in [3.63, 3.8) is 0 Å². The van der Waals surface area contributed by atoms with E-state index in [1.165, 1.54) is 60.5 Å². The topological polar surface area (TPSA) is 96.0 Å². The van der Waals surface area contributed by atoms with Gasteiger partial charge in [0.25, 0.3) is 10.0 Å². The van der Waals surface area contributed by atoms with Crippen molar-refractivity contribution in [1.29, 1.82) is 0 Å². The molecule has 0 aromatic heterocycles. The normalized spacial score (nSPS) is 12.5. The number of hydrogen-bond acceptors (Lipinski definition) is 5. The maximum Gasteiger partial charge on any atom is 0.264 e. The number of carbonyl (C=O) groups excluding carboxylic acids is 2. The molecule has 0 aliphatic rings. The molecule has 0 aliphatic carbocycles. The summed E-state index contributed by atoms with van der Waals surface area (Å²) >= 11 is 6.32. The van der Waals surface area contributed by atoms with Crippen molar-refractivity contribution < 1.29 is 27.1 Å². The number of anilines is 1. The summed E-state index contributed by atoms with van der Waals surface area (Å²) < 4.78 is 48.7. The number of halogens is 2. The summed E-state index contributed by atoms with van der Waals surface area (Å²) in [4.78, 5) is 29.7. The van der Waals surface area contributed by atoms with E-state index in [-0.39, 0.29) is 40.4 Å². The minimum Gasteiger partial charge on any atom is -0.495 e. The summed E-state index contributed by atoms with van der Waals surface area (Å²) in [5, 5.41) is 3.22. The van der Waals surface area contributed by atoms with Gasteiger partial charge in [0.2, 0.25) is 11.8 Å². The largest absolute Gasteiger partial charge is 0.495 e. The van der Waals surface area contributed by atoms with E-state index >= 15 is 0 Å². The van der Waals surface area contributed by atoms with Gasteiger partial charge in [-0.15, -0.1) is 0 Å². The number of carbonyl (C=O) groups is 2. The zero-order valence-electron chi connectivity index (χ0n) is 25.9. The highest BCUT2D eigenvalue weighted by Gasteiger charge is 2.36. The Kier molecular flexibility index (Phi) is 11.8. The Balaban J connectivity index is 1.84. The van der Waals surface area contributed by atoms with Crippen molar-refractivity contribution >= 4 is 39.1 Å². The number of benzene rings is 4. The number of methoxy groups -OCH3 is 1. The molecule has 8 nitrogen and oxygen atoms in total. The Morgan fingerprint density at radius 3 is 2.15 bits per heavy atom. The molecule has 242 valence electrons. The lowest BCUT2D eigenvalue weighted by atomic mass is 10.0. The van der Waals surface area contributed by atoms with E-state index in [0.29, 0.717) is 12.0 Å². The molecule has 0 radical (unpaired) electrons. The summed E-state index contributed by atoms with van der Waals surface area (Å²) in [7, 11) is -2.95. The Bertz CT molecular complexity index is 1720. The third kappa shape index (κ3) is 8.64. The van der Waals surface area contributed by atoms with E-state index < -0.39 is 40.2 Å². The lowest BCUT2D eigenvalue weighted by Crippen LogP contribution is -2.54. The number of ether oxygens (including phenoxy) is 1. The number of hydrogen-bond donors (Lipinski definition) is 1. The fourth-order valence-electron chi connectivity index (χ4n) is 4.87. The fourth-order valence-corrected chi connectivity index (χ4v) is 6.48. The third-order valence-corrected chi connectivity index (χ3v) is 9.57. The minimum absolute atomic E-state index is 0.0507. The second-order valence-electron chi connectivity index (χ2n) is 10.8. The van der Waals surface area contributed by atoms with Crippen LogP contribution in [0.25, 0.3) is 0 Å². The minimum atomic E-state index is -4.34. The van der Waals surface area contributed by atoms with Crippen LogP contribution in [0.5, 0.6) is 5.75 Å². The summed E-state index contributed by atoms with van der Waals surface area (Å²) in [5.41, 5.74) is 1.41. The van der Waals surface area contributed by atoms with E-state index in [1.54, 1.807) is 24.3 Å². The maximum absolute atomic E-state index is 14.5. The SMILES string of the molecule is CCC(C)NC(=O)C(Cc1ccccc1)N(Cc1ccc(F)cc1)C(=O)CN(c1cc(Cl)ccc1OC)S(=O)(=O)c1ccccc1. The monoisotopic (exact) mass is 665 g/mol. The summed E-state index contributed by atoms with van der Waals surface area (Å²) in [5.74, 6) is -1.33. The van der Waals surface area contributed by atoms with Crippen LogP contribution in [0, 0.1) is 5.82 Å².